The molecule has 1 aromatic heterocycles. The van der Waals surface area contributed by atoms with Crippen LogP contribution in [0.15, 0.2) is 28.9 Å². The molecule has 2 heterocycles. The van der Waals surface area contributed by atoms with Crippen LogP contribution in [-0.4, -0.2) is 27.0 Å². The summed E-state index contributed by atoms with van der Waals surface area (Å²) in [6.07, 6.45) is 1.50. The van der Waals surface area contributed by atoms with E-state index in [0.717, 1.165) is 11.1 Å². The van der Waals surface area contributed by atoms with Gasteiger partial charge in [-0.2, -0.15) is 0 Å². The Bertz CT molecular complexity index is 705. The summed E-state index contributed by atoms with van der Waals surface area (Å²) in [5, 5.41) is 12.6. The number of aromatic nitrogens is 1. The van der Waals surface area contributed by atoms with Gasteiger partial charge in [0.1, 0.15) is 0 Å². The molecule has 1 aliphatic rings. The number of hydrogen-bond donors (Lipinski definition) is 1. The van der Waals surface area contributed by atoms with E-state index in [1.807, 2.05) is 0 Å². The molecular formula is C14H12N2O4. The lowest BCUT2D eigenvalue weighted by Gasteiger charge is -2.13. The molecule has 20 heavy (non-hydrogen) atoms. The summed E-state index contributed by atoms with van der Waals surface area (Å²) in [4.78, 5) is 24.9. The van der Waals surface area contributed by atoms with Crippen molar-refractivity contribution in [3.8, 4) is 0 Å². The summed E-state index contributed by atoms with van der Waals surface area (Å²) in [5.74, 6) is -0.965. The fourth-order valence-corrected chi connectivity index (χ4v) is 2.31. The van der Waals surface area contributed by atoms with Crippen molar-refractivity contribution in [2.24, 2.45) is 0 Å². The molecule has 1 aliphatic heterocycles. The molecular weight excluding hydrogens is 260 g/mol. The Morgan fingerprint density at radius 1 is 1.30 bits per heavy atom. The highest BCUT2D eigenvalue weighted by Gasteiger charge is 2.28. The second kappa shape index (κ2) is 4.48. The second-order valence-electron chi connectivity index (χ2n) is 4.79. The molecule has 0 saturated heterocycles. The Hall–Kier alpha value is -2.63. The van der Waals surface area contributed by atoms with Gasteiger partial charge in [-0.3, -0.25) is 4.79 Å². The number of carboxylic acids is 1. The van der Waals surface area contributed by atoms with E-state index in [0.29, 0.717) is 18.7 Å². The van der Waals surface area contributed by atoms with E-state index < -0.39 is 5.97 Å². The van der Waals surface area contributed by atoms with Crippen molar-refractivity contribution in [3.63, 3.8) is 0 Å². The fraction of sp³-hybridized carbons (Fsp3) is 0.214. The molecule has 1 amide bonds. The van der Waals surface area contributed by atoms with E-state index in [4.69, 9.17) is 9.63 Å². The van der Waals surface area contributed by atoms with Crippen LogP contribution in [0.3, 0.4) is 0 Å². The molecule has 0 aliphatic carbocycles. The minimum atomic E-state index is -0.969. The lowest BCUT2D eigenvalue weighted by atomic mass is 10.1. The highest BCUT2D eigenvalue weighted by Crippen LogP contribution is 2.26. The van der Waals surface area contributed by atoms with Crippen molar-refractivity contribution >= 4 is 11.9 Å². The molecule has 6 heteroatoms. The summed E-state index contributed by atoms with van der Waals surface area (Å²) >= 11 is 0. The predicted molar refractivity (Wildman–Crippen MR) is 68.2 cm³/mol. The van der Waals surface area contributed by atoms with Crippen molar-refractivity contribution in [1.82, 2.24) is 10.1 Å². The largest absolute Gasteiger partial charge is 0.478 e. The molecule has 0 atom stereocenters. The SMILES string of the molecule is Cc1cnoc1C(=O)N1Cc2ccc(C(=O)O)cc2C1. The van der Waals surface area contributed by atoms with Gasteiger partial charge in [0, 0.05) is 18.7 Å². The van der Waals surface area contributed by atoms with E-state index in [1.54, 1.807) is 30.0 Å². The van der Waals surface area contributed by atoms with Crippen molar-refractivity contribution in [2.75, 3.05) is 0 Å². The number of amides is 1. The van der Waals surface area contributed by atoms with Gasteiger partial charge in [0.2, 0.25) is 5.76 Å². The third-order valence-corrected chi connectivity index (χ3v) is 3.41. The number of aryl methyl sites for hydroxylation is 1. The lowest BCUT2D eigenvalue weighted by Crippen LogP contribution is -2.25. The van der Waals surface area contributed by atoms with Crippen LogP contribution in [0.25, 0.3) is 0 Å². The third kappa shape index (κ3) is 1.95. The standard InChI is InChI=1S/C14H12N2O4/c1-8-5-15-20-12(8)13(17)16-6-10-3-2-9(14(18)19)4-11(10)7-16/h2-5H,6-7H2,1H3,(H,18,19). The molecule has 102 valence electrons. The number of aromatic carboxylic acids is 1. The Kier molecular flexibility index (Phi) is 2.78. The van der Waals surface area contributed by atoms with Crippen LogP contribution in [0, 0.1) is 6.92 Å². The summed E-state index contributed by atoms with van der Waals surface area (Å²) in [5.41, 5.74) is 2.74. The van der Waals surface area contributed by atoms with E-state index in [-0.39, 0.29) is 17.2 Å². The maximum atomic E-state index is 12.3. The van der Waals surface area contributed by atoms with Crippen LogP contribution in [-0.2, 0) is 13.1 Å². The molecule has 0 saturated carbocycles. The number of carbonyl (C=O) groups excluding carboxylic acids is 1. The summed E-state index contributed by atoms with van der Waals surface area (Å²) < 4.78 is 4.96. The molecule has 0 bridgehead atoms. The van der Waals surface area contributed by atoms with Gasteiger partial charge < -0.3 is 14.5 Å². The van der Waals surface area contributed by atoms with Gasteiger partial charge >= 0.3 is 5.97 Å². The zero-order chi connectivity index (χ0) is 14.3. The normalized spacial score (nSPS) is 13.3. The Labute approximate surface area is 114 Å². The molecule has 2 aromatic rings. The number of carbonyl (C=O) groups is 2. The van der Waals surface area contributed by atoms with Gasteiger partial charge in [0.25, 0.3) is 5.91 Å². The number of fused-ring (bicyclic) bond motifs is 1. The van der Waals surface area contributed by atoms with Crippen LogP contribution >= 0.6 is 0 Å². The Morgan fingerprint density at radius 2 is 2.05 bits per heavy atom. The molecule has 0 unspecified atom stereocenters. The summed E-state index contributed by atoms with van der Waals surface area (Å²) in [6.45, 7) is 2.60. The van der Waals surface area contributed by atoms with Crippen molar-refractivity contribution in [2.45, 2.75) is 20.0 Å². The highest BCUT2D eigenvalue weighted by molar-refractivity contribution is 5.93. The van der Waals surface area contributed by atoms with Crippen LogP contribution in [0.2, 0.25) is 0 Å². The quantitative estimate of drug-likeness (QED) is 0.901. The van der Waals surface area contributed by atoms with Crippen LogP contribution in [0.1, 0.15) is 37.6 Å². The first-order valence-corrected chi connectivity index (χ1v) is 6.12. The fourth-order valence-electron chi connectivity index (χ4n) is 2.31. The number of nitrogens with zero attached hydrogens (tertiary/aromatic N) is 2. The molecule has 1 aromatic carbocycles. The van der Waals surface area contributed by atoms with Crippen molar-refractivity contribution in [3.05, 3.63) is 52.4 Å². The van der Waals surface area contributed by atoms with E-state index in [2.05, 4.69) is 5.16 Å². The van der Waals surface area contributed by atoms with Crippen LogP contribution in [0.5, 0.6) is 0 Å². The predicted octanol–water partition coefficient (Wildman–Crippen LogP) is 1.84. The topological polar surface area (TPSA) is 83.6 Å². The average molecular weight is 272 g/mol. The zero-order valence-corrected chi connectivity index (χ0v) is 10.8. The van der Waals surface area contributed by atoms with Gasteiger partial charge in [0.05, 0.1) is 11.8 Å². The number of carboxylic acid groups (broad SMARTS) is 1. The molecule has 1 N–H and O–H groups in total. The molecule has 0 radical (unpaired) electrons. The van der Waals surface area contributed by atoms with E-state index in [9.17, 15) is 9.59 Å². The minimum Gasteiger partial charge on any atom is -0.478 e. The molecule has 6 nitrogen and oxygen atoms in total. The van der Waals surface area contributed by atoms with E-state index >= 15 is 0 Å². The number of rotatable bonds is 2. The second-order valence-corrected chi connectivity index (χ2v) is 4.79. The first-order valence-electron chi connectivity index (χ1n) is 6.12. The maximum absolute atomic E-state index is 12.3. The van der Waals surface area contributed by atoms with Gasteiger partial charge in [0.15, 0.2) is 0 Å². The summed E-state index contributed by atoms with van der Waals surface area (Å²) in [6, 6.07) is 4.91. The molecule has 0 spiro atoms. The third-order valence-electron chi connectivity index (χ3n) is 3.41. The molecule has 3 rings (SSSR count). The van der Waals surface area contributed by atoms with E-state index in [1.165, 1.54) is 6.20 Å². The first-order chi connectivity index (χ1) is 9.56. The van der Waals surface area contributed by atoms with Crippen LogP contribution in [0.4, 0.5) is 0 Å². The zero-order valence-electron chi connectivity index (χ0n) is 10.8. The van der Waals surface area contributed by atoms with Crippen molar-refractivity contribution in [1.29, 1.82) is 0 Å². The molecule has 0 fully saturated rings. The van der Waals surface area contributed by atoms with Crippen LogP contribution < -0.4 is 0 Å². The smallest absolute Gasteiger partial charge is 0.335 e. The monoisotopic (exact) mass is 272 g/mol. The van der Waals surface area contributed by atoms with Gasteiger partial charge in [-0.15, -0.1) is 0 Å². The maximum Gasteiger partial charge on any atom is 0.335 e. The van der Waals surface area contributed by atoms with Crippen molar-refractivity contribution < 1.29 is 19.2 Å². The van der Waals surface area contributed by atoms with Gasteiger partial charge in [-0.1, -0.05) is 11.2 Å². The first kappa shape index (κ1) is 12.4. The van der Waals surface area contributed by atoms with Gasteiger partial charge in [-0.25, -0.2) is 4.79 Å². The summed E-state index contributed by atoms with van der Waals surface area (Å²) in [7, 11) is 0. The lowest BCUT2D eigenvalue weighted by molar-refractivity contribution is 0.0694. The highest BCUT2D eigenvalue weighted by atomic mass is 16.5. The number of hydrogen-bond acceptors (Lipinski definition) is 4. The van der Waals surface area contributed by atoms with Gasteiger partial charge in [-0.05, 0) is 30.2 Å². The number of benzene rings is 1. The minimum absolute atomic E-state index is 0.229. The Morgan fingerprint density at radius 3 is 2.70 bits per heavy atom. The Balaban J connectivity index is 1.85. The average Bonchev–Trinajstić information content (AvgIpc) is 3.02.